The quantitative estimate of drug-likeness (QED) is 0.735. The number of methoxy groups -OCH3 is 1. The van der Waals surface area contributed by atoms with Crippen molar-refractivity contribution in [3.05, 3.63) is 5.89 Å². The minimum absolute atomic E-state index is 0.0871. The van der Waals surface area contributed by atoms with Gasteiger partial charge in [0, 0.05) is 18.6 Å². The fraction of sp³-hybridized carbons (Fsp3) is 0.846. The molecule has 19 heavy (non-hydrogen) atoms. The van der Waals surface area contributed by atoms with Crippen LogP contribution in [0.2, 0.25) is 0 Å². The van der Waals surface area contributed by atoms with Gasteiger partial charge in [0.15, 0.2) is 0 Å². The standard InChI is InChI=1S/C13H24N4O2/c1-5-6-14-8-11-16-17-12(19-11)15-9-7-10(18-4)13(9,2)3/h9-10,14H,5-8H2,1-4H3,(H,15,17). The van der Waals surface area contributed by atoms with Crippen LogP contribution in [0.4, 0.5) is 6.01 Å². The molecule has 1 aliphatic rings. The van der Waals surface area contributed by atoms with Gasteiger partial charge in [-0.3, -0.25) is 0 Å². The highest BCUT2D eigenvalue weighted by Crippen LogP contribution is 2.43. The minimum Gasteiger partial charge on any atom is -0.407 e. The predicted molar refractivity (Wildman–Crippen MR) is 72.9 cm³/mol. The molecule has 1 aliphatic carbocycles. The normalized spacial score (nSPS) is 25.1. The first-order chi connectivity index (χ1) is 9.07. The van der Waals surface area contributed by atoms with Crippen LogP contribution < -0.4 is 10.6 Å². The Labute approximate surface area is 114 Å². The van der Waals surface area contributed by atoms with Gasteiger partial charge in [-0.1, -0.05) is 25.9 Å². The molecule has 2 atom stereocenters. The van der Waals surface area contributed by atoms with E-state index in [2.05, 4.69) is 41.6 Å². The van der Waals surface area contributed by atoms with Gasteiger partial charge in [-0.25, -0.2) is 0 Å². The van der Waals surface area contributed by atoms with E-state index in [-0.39, 0.29) is 5.41 Å². The fourth-order valence-corrected chi connectivity index (χ4v) is 2.43. The molecule has 6 heteroatoms. The van der Waals surface area contributed by atoms with Gasteiger partial charge >= 0.3 is 6.01 Å². The number of aromatic nitrogens is 2. The summed E-state index contributed by atoms with van der Waals surface area (Å²) in [4.78, 5) is 0. The van der Waals surface area contributed by atoms with Gasteiger partial charge in [0.05, 0.1) is 12.6 Å². The van der Waals surface area contributed by atoms with Crippen LogP contribution in [0.3, 0.4) is 0 Å². The largest absolute Gasteiger partial charge is 0.407 e. The van der Waals surface area contributed by atoms with Crippen molar-refractivity contribution < 1.29 is 9.15 Å². The molecular formula is C13H24N4O2. The summed E-state index contributed by atoms with van der Waals surface area (Å²) in [6.07, 6.45) is 2.35. The Morgan fingerprint density at radius 3 is 2.84 bits per heavy atom. The maximum Gasteiger partial charge on any atom is 0.315 e. The van der Waals surface area contributed by atoms with Crippen molar-refractivity contribution in [3.8, 4) is 0 Å². The maximum absolute atomic E-state index is 5.56. The van der Waals surface area contributed by atoms with Gasteiger partial charge in [-0.05, 0) is 19.4 Å². The van der Waals surface area contributed by atoms with Crippen molar-refractivity contribution in [2.45, 2.75) is 52.3 Å². The lowest BCUT2D eigenvalue weighted by atomic mass is 9.64. The number of hydrogen-bond acceptors (Lipinski definition) is 6. The Balaban J connectivity index is 1.84. The molecule has 2 N–H and O–H groups in total. The van der Waals surface area contributed by atoms with Gasteiger partial charge in [-0.15, -0.1) is 5.10 Å². The van der Waals surface area contributed by atoms with E-state index in [1.807, 2.05) is 0 Å². The first kappa shape index (κ1) is 14.3. The SMILES string of the molecule is CCCNCc1nnc(NC2CC(OC)C2(C)C)o1. The molecule has 0 radical (unpaired) electrons. The van der Waals surface area contributed by atoms with Crippen molar-refractivity contribution in [3.63, 3.8) is 0 Å². The van der Waals surface area contributed by atoms with E-state index >= 15 is 0 Å². The van der Waals surface area contributed by atoms with Crippen molar-refractivity contribution in [2.24, 2.45) is 5.41 Å². The minimum atomic E-state index is 0.0871. The van der Waals surface area contributed by atoms with Crippen LogP contribution in [0.5, 0.6) is 0 Å². The summed E-state index contributed by atoms with van der Waals surface area (Å²) in [6, 6.07) is 0.815. The molecule has 6 nitrogen and oxygen atoms in total. The first-order valence-corrected chi connectivity index (χ1v) is 6.90. The van der Waals surface area contributed by atoms with Crippen LogP contribution in [0.25, 0.3) is 0 Å². The summed E-state index contributed by atoms with van der Waals surface area (Å²) in [5.74, 6) is 0.622. The molecule has 1 aromatic heterocycles. The molecule has 1 heterocycles. The maximum atomic E-state index is 5.56. The van der Waals surface area contributed by atoms with Crippen LogP contribution >= 0.6 is 0 Å². The molecule has 2 unspecified atom stereocenters. The van der Waals surface area contributed by atoms with Crippen LogP contribution in [0, 0.1) is 5.41 Å². The summed E-state index contributed by atoms with van der Waals surface area (Å²) in [5, 5.41) is 14.6. The van der Waals surface area contributed by atoms with Gasteiger partial charge in [-0.2, -0.15) is 0 Å². The lowest BCUT2D eigenvalue weighted by Gasteiger charge is -2.50. The Hall–Kier alpha value is -1.14. The molecule has 1 fully saturated rings. The number of hydrogen-bond donors (Lipinski definition) is 2. The molecule has 108 valence electrons. The summed E-state index contributed by atoms with van der Waals surface area (Å²) in [5.41, 5.74) is 0.0871. The summed E-state index contributed by atoms with van der Waals surface area (Å²) in [6.45, 7) is 8.07. The number of anilines is 1. The predicted octanol–water partition coefficient (Wildman–Crippen LogP) is 1.79. The Kier molecular flexibility index (Phi) is 4.42. The molecule has 0 bridgehead atoms. The Bertz CT molecular complexity index is 405. The second kappa shape index (κ2) is 5.88. The molecule has 1 aromatic rings. The molecule has 0 saturated heterocycles. The zero-order valence-corrected chi connectivity index (χ0v) is 12.2. The van der Waals surface area contributed by atoms with Crippen LogP contribution in [0.1, 0.15) is 39.5 Å². The first-order valence-electron chi connectivity index (χ1n) is 6.90. The second-order valence-electron chi connectivity index (χ2n) is 5.66. The number of nitrogens with one attached hydrogen (secondary N) is 2. The molecule has 2 rings (SSSR count). The monoisotopic (exact) mass is 268 g/mol. The highest BCUT2D eigenvalue weighted by Gasteiger charge is 2.49. The molecular weight excluding hydrogens is 244 g/mol. The van der Waals surface area contributed by atoms with Crippen molar-refractivity contribution >= 4 is 6.01 Å². The summed E-state index contributed by atoms with van der Waals surface area (Å²) < 4.78 is 11.0. The second-order valence-corrected chi connectivity index (χ2v) is 5.66. The average molecular weight is 268 g/mol. The van der Waals surface area contributed by atoms with E-state index < -0.39 is 0 Å². The van der Waals surface area contributed by atoms with E-state index in [1.54, 1.807) is 7.11 Å². The highest BCUT2D eigenvalue weighted by molar-refractivity contribution is 5.25. The summed E-state index contributed by atoms with van der Waals surface area (Å²) in [7, 11) is 1.76. The van der Waals surface area contributed by atoms with Crippen LogP contribution in [-0.2, 0) is 11.3 Å². The number of rotatable bonds is 7. The van der Waals surface area contributed by atoms with E-state index in [4.69, 9.17) is 9.15 Å². The lowest BCUT2D eigenvalue weighted by Crippen LogP contribution is -2.57. The zero-order chi connectivity index (χ0) is 13.9. The molecule has 0 amide bonds. The van der Waals surface area contributed by atoms with Crippen molar-refractivity contribution in [1.82, 2.24) is 15.5 Å². The topological polar surface area (TPSA) is 72.2 Å². The third-order valence-electron chi connectivity index (χ3n) is 3.93. The van der Waals surface area contributed by atoms with Crippen molar-refractivity contribution in [1.29, 1.82) is 0 Å². The lowest BCUT2D eigenvalue weighted by molar-refractivity contribution is -0.0800. The van der Waals surface area contributed by atoms with E-state index in [0.29, 0.717) is 30.6 Å². The highest BCUT2D eigenvalue weighted by atomic mass is 16.5. The number of nitrogens with zero attached hydrogens (tertiary/aromatic N) is 2. The fourth-order valence-electron chi connectivity index (χ4n) is 2.43. The van der Waals surface area contributed by atoms with E-state index in [0.717, 1.165) is 19.4 Å². The van der Waals surface area contributed by atoms with Gasteiger partial charge in [0.25, 0.3) is 0 Å². The smallest absolute Gasteiger partial charge is 0.315 e. The average Bonchev–Trinajstić information content (AvgIpc) is 2.82. The number of ether oxygens (including phenoxy) is 1. The van der Waals surface area contributed by atoms with Gasteiger partial charge in [0.2, 0.25) is 5.89 Å². The molecule has 0 spiro atoms. The Morgan fingerprint density at radius 1 is 1.42 bits per heavy atom. The third kappa shape index (κ3) is 3.06. The zero-order valence-electron chi connectivity index (χ0n) is 12.2. The summed E-state index contributed by atoms with van der Waals surface area (Å²) >= 11 is 0. The molecule has 1 saturated carbocycles. The Morgan fingerprint density at radius 2 is 2.21 bits per heavy atom. The van der Waals surface area contributed by atoms with Crippen molar-refractivity contribution in [2.75, 3.05) is 19.0 Å². The van der Waals surface area contributed by atoms with Gasteiger partial charge < -0.3 is 19.8 Å². The van der Waals surface area contributed by atoms with Crippen LogP contribution in [-0.4, -0.2) is 36.0 Å². The van der Waals surface area contributed by atoms with E-state index in [1.165, 1.54) is 0 Å². The molecule has 0 aliphatic heterocycles. The van der Waals surface area contributed by atoms with Gasteiger partial charge in [0.1, 0.15) is 0 Å². The van der Waals surface area contributed by atoms with Crippen LogP contribution in [0.15, 0.2) is 4.42 Å². The third-order valence-corrected chi connectivity index (χ3v) is 3.93. The van der Waals surface area contributed by atoms with E-state index in [9.17, 15) is 0 Å². The molecule has 0 aromatic carbocycles.